The lowest BCUT2D eigenvalue weighted by molar-refractivity contribution is -0.123. The molecule has 4 rings (SSSR count). The van der Waals surface area contributed by atoms with Gasteiger partial charge in [0.05, 0.1) is 31.2 Å². The van der Waals surface area contributed by atoms with Crippen LogP contribution in [0.1, 0.15) is 12.0 Å². The standard InChI is InChI=1S/C22H26N2O4S/c1-28-19-11-9-18(10-12-19)24-21-16-29(26,27)15-20(21)23(14-22(24)25)13-5-8-17-6-3-2-4-7-17/h2-4,6-7,9-12,20-21H,5,8,13-16H2,1H3/t20-,21+/m1/s1. The number of anilines is 1. The van der Waals surface area contributed by atoms with E-state index >= 15 is 0 Å². The molecule has 0 aliphatic carbocycles. The molecule has 0 bridgehead atoms. The van der Waals surface area contributed by atoms with Gasteiger partial charge in [-0.3, -0.25) is 9.69 Å². The van der Waals surface area contributed by atoms with Crippen molar-refractivity contribution in [3.63, 3.8) is 0 Å². The maximum absolute atomic E-state index is 13.0. The van der Waals surface area contributed by atoms with Crippen molar-refractivity contribution in [2.24, 2.45) is 0 Å². The zero-order chi connectivity index (χ0) is 20.4. The Balaban J connectivity index is 1.51. The lowest BCUT2D eigenvalue weighted by Gasteiger charge is -2.43. The first-order chi connectivity index (χ1) is 14.0. The van der Waals surface area contributed by atoms with Crippen molar-refractivity contribution in [2.45, 2.75) is 24.9 Å². The molecule has 0 N–H and O–H groups in total. The molecule has 1 amide bonds. The largest absolute Gasteiger partial charge is 0.497 e. The molecule has 2 atom stereocenters. The molecule has 0 unspecified atom stereocenters. The predicted molar refractivity (Wildman–Crippen MR) is 113 cm³/mol. The van der Waals surface area contributed by atoms with Crippen LogP contribution >= 0.6 is 0 Å². The van der Waals surface area contributed by atoms with E-state index in [0.717, 1.165) is 18.5 Å². The van der Waals surface area contributed by atoms with Crippen molar-refractivity contribution in [2.75, 3.05) is 36.6 Å². The van der Waals surface area contributed by atoms with E-state index in [9.17, 15) is 13.2 Å². The number of rotatable bonds is 6. The summed E-state index contributed by atoms with van der Waals surface area (Å²) in [6.07, 6.45) is 1.81. The van der Waals surface area contributed by atoms with Gasteiger partial charge in [-0.25, -0.2) is 8.42 Å². The van der Waals surface area contributed by atoms with Gasteiger partial charge < -0.3 is 9.64 Å². The Morgan fingerprint density at radius 1 is 1.00 bits per heavy atom. The average Bonchev–Trinajstić information content (AvgIpc) is 3.04. The van der Waals surface area contributed by atoms with Crippen molar-refractivity contribution in [1.82, 2.24) is 4.90 Å². The van der Waals surface area contributed by atoms with Crippen LogP contribution in [0.5, 0.6) is 5.75 Å². The maximum Gasteiger partial charge on any atom is 0.241 e. The lowest BCUT2D eigenvalue weighted by atomic mass is 10.0. The summed E-state index contributed by atoms with van der Waals surface area (Å²) >= 11 is 0. The Morgan fingerprint density at radius 3 is 2.38 bits per heavy atom. The number of hydrogen-bond acceptors (Lipinski definition) is 5. The topological polar surface area (TPSA) is 66.9 Å². The summed E-state index contributed by atoms with van der Waals surface area (Å²) < 4.78 is 30.1. The summed E-state index contributed by atoms with van der Waals surface area (Å²) in [5.41, 5.74) is 1.98. The number of carbonyl (C=O) groups is 1. The van der Waals surface area contributed by atoms with Crippen LogP contribution in [0.2, 0.25) is 0 Å². The van der Waals surface area contributed by atoms with Gasteiger partial charge in [0.25, 0.3) is 0 Å². The number of fused-ring (bicyclic) bond motifs is 1. The van der Waals surface area contributed by atoms with Crippen LogP contribution < -0.4 is 9.64 Å². The molecule has 2 fully saturated rings. The van der Waals surface area contributed by atoms with Gasteiger partial charge in [-0.1, -0.05) is 30.3 Å². The normalized spacial score (nSPS) is 23.8. The Hall–Kier alpha value is -2.38. The second-order valence-electron chi connectivity index (χ2n) is 7.73. The smallest absolute Gasteiger partial charge is 0.241 e. The van der Waals surface area contributed by atoms with Gasteiger partial charge in [0.15, 0.2) is 9.84 Å². The van der Waals surface area contributed by atoms with Crippen LogP contribution in [0.4, 0.5) is 5.69 Å². The highest BCUT2D eigenvalue weighted by molar-refractivity contribution is 7.91. The number of sulfone groups is 1. The number of benzene rings is 2. The Bertz CT molecular complexity index is 960. The molecule has 0 saturated carbocycles. The summed E-state index contributed by atoms with van der Waals surface area (Å²) in [6, 6.07) is 17.0. The van der Waals surface area contributed by atoms with Crippen molar-refractivity contribution >= 4 is 21.4 Å². The van der Waals surface area contributed by atoms with E-state index in [2.05, 4.69) is 17.0 Å². The second-order valence-corrected chi connectivity index (χ2v) is 9.89. The third kappa shape index (κ3) is 4.31. The number of aryl methyl sites for hydroxylation is 1. The van der Waals surface area contributed by atoms with Crippen molar-refractivity contribution < 1.29 is 17.9 Å². The molecule has 2 heterocycles. The van der Waals surface area contributed by atoms with Gasteiger partial charge in [-0.2, -0.15) is 0 Å². The second kappa shape index (κ2) is 8.16. The van der Waals surface area contributed by atoms with Gasteiger partial charge in [-0.15, -0.1) is 0 Å². The number of ether oxygens (including phenoxy) is 1. The van der Waals surface area contributed by atoms with Crippen molar-refractivity contribution in [3.05, 3.63) is 60.2 Å². The van der Waals surface area contributed by atoms with Gasteiger partial charge in [-0.05, 0) is 49.2 Å². The number of hydrogen-bond donors (Lipinski definition) is 0. The van der Waals surface area contributed by atoms with Crippen LogP contribution in [0.25, 0.3) is 0 Å². The van der Waals surface area contributed by atoms with E-state index in [1.54, 1.807) is 24.1 Å². The van der Waals surface area contributed by atoms with Gasteiger partial charge in [0.1, 0.15) is 5.75 Å². The fourth-order valence-electron chi connectivity index (χ4n) is 4.41. The Morgan fingerprint density at radius 2 is 1.69 bits per heavy atom. The minimum absolute atomic E-state index is 0.0185. The first-order valence-electron chi connectivity index (χ1n) is 9.91. The van der Waals surface area contributed by atoms with E-state index in [1.807, 2.05) is 30.3 Å². The molecule has 2 aromatic carbocycles. The molecule has 29 heavy (non-hydrogen) atoms. The van der Waals surface area contributed by atoms with Crippen molar-refractivity contribution in [3.8, 4) is 5.75 Å². The van der Waals surface area contributed by atoms with Gasteiger partial charge in [0.2, 0.25) is 5.91 Å². The first-order valence-corrected chi connectivity index (χ1v) is 11.7. The molecular weight excluding hydrogens is 388 g/mol. The highest BCUT2D eigenvalue weighted by Crippen LogP contribution is 2.32. The summed E-state index contributed by atoms with van der Waals surface area (Å²) in [7, 11) is -1.59. The van der Waals surface area contributed by atoms with E-state index in [4.69, 9.17) is 4.74 Å². The van der Waals surface area contributed by atoms with Crippen LogP contribution in [0.3, 0.4) is 0 Å². The monoisotopic (exact) mass is 414 g/mol. The summed E-state index contributed by atoms with van der Waals surface area (Å²) in [4.78, 5) is 16.8. The minimum Gasteiger partial charge on any atom is -0.497 e. The number of methoxy groups -OCH3 is 1. The average molecular weight is 415 g/mol. The Kier molecular flexibility index (Phi) is 5.61. The number of nitrogens with zero attached hydrogens (tertiary/aromatic N) is 2. The summed E-state index contributed by atoms with van der Waals surface area (Å²) in [6.45, 7) is 0.964. The quantitative estimate of drug-likeness (QED) is 0.725. The Labute approximate surface area is 172 Å². The summed E-state index contributed by atoms with van der Waals surface area (Å²) in [5.74, 6) is 0.790. The molecule has 2 aliphatic heterocycles. The number of amides is 1. The lowest BCUT2D eigenvalue weighted by Crippen LogP contribution is -2.62. The van der Waals surface area contributed by atoms with Crippen LogP contribution in [0.15, 0.2) is 54.6 Å². The molecule has 0 radical (unpaired) electrons. The first kappa shape index (κ1) is 19.9. The molecule has 2 saturated heterocycles. The summed E-state index contributed by atoms with van der Waals surface area (Å²) in [5, 5.41) is 0. The van der Waals surface area contributed by atoms with E-state index in [-0.39, 0.29) is 36.0 Å². The zero-order valence-corrected chi connectivity index (χ0v) is 17.3. The van der Waals surface area contributed by atoms with Crippen LogP contribution in [0, 0.1) is 0 Å². The fraction of sp³-hybridized carbons (Fsp3) is 0.409. The molecule has 2 aliphatic rings. The van der Waals surface area contributed by atoms with Gasteiger partial charge in [0, 0.05) is 11.7 Å². The molecular formula is C22H26N2O4S. The SMILES string of the molecule is COc1ccc(N2C(=O)CN(CCCc3ccccc3)[C@@H]3CS(=O)(=O)C[C@@H]32)cc1. The molecule has 7 heteroatoms. The molecule has 0 spiro atoms. The molecule has 0 aromatic heterocycles. The minimum atomic E-state index is -3.18. The zero-order valence-electron chi connectivity index (χ0n) is 16.5. The molecule has 6 nitrogen and oxygen atoms in total. The van der Waals surface area contributed by atoms with E-state index < -0.39 is 9.84 Å². The van der Waals surface area contributed by atoms with E-state index in [1.165, 1.54) is 5.56 Å². The predicted octanol–water partition coefficient (Wildman–Crippen LogP) is 2.14. The number of piperazine rings is 1. The van der Waals surface area contributed by atoms with Crippen LogP contribution in [-0.2, 0) is 21.1 Å². The highest BCUT2D eigenvalue weighted by Gasteiger charge is 2.49. The number of carbonyl (C=O) groups excluding carboxylic acids is 1. The third-order valence-electron chi connectivity index (χ3n) is 5.81. The van der Waals surface area contributed by atoms with Crippen molar-refractivity contribution in [1.29, 1.82) is 0 Å². The molecule has 154 valence electrons. The fourth-order valence-corrected chi connectivity index (χ4v) is 6.39. The maximum atomic E-state index is 13.0. The van der Waals surface area contributed by atoms with Crippen LogP contribution in [-0.4, -0.2) is 63.0 Å². The van der Waals surface area contributed by atoms with E-state index in [0.29, 0.717) is 12.3 Å². The molecule has 2 aromatic rings. The van der Waals surface area contributed by atoms with Gasteiger partial charge >= 0.3 is 0 Å². The highest BCUT2D eigenvalue weighted by atomic mass is 32.2. The third-order valence-corrected chi connectivity index (χ3v) is 7.50.